The Morgan fingerprint density at radius 2 is 2.00 bits per heavy atom. The first-order valence-corrected chi connectivity index (χ1v) is 7.69. The molecule has 0 aliphatic carbocycles. The number of ether oxygens (including phenoxy) is 1. The number of morpholine rings is 1. The van der Waals surface area contributed by atoms with Gasteiger partial charge >= 0.3 is 0 Å². The SMILES string of the molecule is Cc1cc(C(=O)N(C)CCN2C[C@@H](C)O[C@@H](C)C2)cc(=O)[nH]1. The number of pyridine rings is 1. The van der Waals surface area contributed by atoms with Gasteiger partial charge in [0.25, 0.3) is 5.91 Å². The van der Waals surface area contributed by atoms with Gasteiger partial charge in [-0.05, 0) is 26.8 Å². The normalized spacial score (nSPS) is 22.5. The van der Waals surface area contributed by atoms with Crippen LogP contribution in [0, 0.1) is 6.92 Å². The van der Waals surface area contributed by atoms with Crippen LogP contribution in [-0.2, 0) is 4.74 Å². The molecule has 1 aliphatic heterocycles. The monoisotopic (exact) mass is 307 g/mol. The summed E-state index contributed by atoms with van der Waals surface area (Å²) < 4.78 is 5.71. The number of nitrogens with zero attached hydrogens (tertiary/aromatic N) is 2. The van der Waals surface area contributed by atoms with E-state index in [1.807, 2.05) is 0 Å². The molecule has 2 rings (SSSR count). The zero-order valence-electron chi connectivity index (χ0n) is 13.8. The fourth-order valence-electron chi connectivity index (χ4n) is 2.89. The number of aromatic nitrogens is 1. The molecule has 1 aromatic heterocycles. The topological polar surface area (TPSA) is 65.6 Å². The molecule has 1 aliphatic rings. The summed E-state index contributed by atoms with van der Waals surface area (Å²) >= 11 is 0. The first-order valence-electron chi connectivity index (χ1n) is 7.69. The van der Waals surface area contributed by atoms with E-state index in [0.29, 0.717) is 17.8 Å². The van der Waals surface area contributed by atoms with Crippen LogP contribution in [0.4, 0.5) is 0 Å². The number of carbonyl (C=O) groups is 1. The van der Waals surface area contributed by atoms with E-state index in [4.69, 9.17) is 4.74 Å². The fraction of sp³-hybridized carbons (Fsp3) is 0.625. The minimum absolute atomic E-state index is 0.122. The maximum Gasteiger partial charge on any atom is 0.253 e. The lowest BCUT2D eigenvalue weighted by Gasteiger charge is -2.36. The van der Waals surface area contributed by atoms with Crippen molar-refractivity contribution in [1.29, 1.82) is 0 Å². The van der Waals surface area contributed by atoms with Crippen molar-refractivity contribution in [2.45, 2.75) is 33.0 Å². The number of aromatic amines is 1. The van der Waals surface area contributed by atoms with Crippen LogP contribution in [-0.4, -0.2) is 66.1 Å². The number of rotatable bonds is 4. The highest BCUT2D eigenvalue weighted by Crippen LogP contribution is 2.10. The first kappa shape index (κ1) is 16.7. The number of carbonyl (C=O) groups excluding carboxylic acids is 1. The van der Waals surface area contributed by atoms with Gasteiger partial charge in [0, 0.05) is 50.6 Å². The number of nitrogens with one attached hydrogen (secondary N) is 1. The molecular weight excluding hydrogens is 282 g/mol. The lowest BCUT2D eigenvalue weighted by molar-refractivity contribution is -0.0685. The number of aryl methyl sites for hydroxylation is 1. The number of hydrogen-bond acceptors (Lipinski definition) is 4. The van der Waals surface area contributed by atoms with Gasteiger partial charge in [-0.2, -0.15) is 0 Å². The van der Waals surface area contributed by atoms with Crippen LogP contribution < -0.4 is 5.56 Å². The highest BCUT2D eigenvalue weighted by atomic mass is 16.5. The average molecular weight is 307 g/mol. The molecule has 1 saturated heterocycles. The van der Waals surface area contributed by atoms with E-state index in [9.17, 15) is 9.59 Å². The smallest absolute Gasteiger partial charge is 0.253 e. The molecule has 1 fully saturated rings. The van der Waals surface area contributed by atoms with Crippen molar-refractivity contribution in [2.24, 2.45) is 0 Å². The van der Waals surface area contributed by atoms with Crippen LogP contribution >= 0.6 is 0 Å². The Kier molecular flexibility index (Phi) is 5.37. The minimum atomic E-state index is -0.243. The molecule has 122 valence electrons. The Morgan fingerprint density at radius 3 is 2.59 bits per heavy atom. The van der Waals surface area contributed by atoms with E-state index < -0.39 is 0 Å². The molecule has 6 heteroatoms. The largest absolute Gasteiger partial charge is 0.373 e. The van der Waals surface area contributed by atoms with E-state index in [1.165, 1.54) is 6.07 Å². The van der Waals surface area contributed by atoms with E-state index >= 15 is 0 Å². The van der Waals surface area contributed by atoms with Crippen molar-refractivity contribution in [2.75, 3.05) is 33.2 Å². The summed E-state index contributed by atoms with van der Waals surface area (Å²) in [6.07, 6.45) is 0.445. The molecule has 0 spiro atoms. The maximum absolute atomic E-state index is 12.4. The molecule has 6 nitrogen and oxygen atoms in total. The fourth-order valence-corrected chi connectivity index (χ4v) is 2.89. The van der Waals surface area contributed by atoms with Gasteiger partial charge in [0.05, 0.1) is 12.2 Å². The summed E-state index contributed by atoms with van der Waals surface area (Å²) in [5.74, 6) is -0.122. The molecule has 0 radical (unpaired) electrons. The third kappa shape index (κ3) is 4.42. The molecule has 0 unspecified atom stereocenters. The summed E-state index contributed by atoms with van der Waals surface area (Å²) in [5.41, 5.74) is 0.889. The molecule has 0 bridgehead atoms. The van der Waals surface area contributed by atoms with Crippen LogP contribution in [0.3, 0.4) is 0 Å². The van der Waals surface area contributed by atoms with Gasteiger partial charge in [-0.25, -0.2) is 0 Å². The van der Waals surface area contributed by atoms with E-state index in [0.717, 1.165) is 19.6 Å². The molecule has 1 N–H and O–H groups in total. The van der Waals surface area contributed by atoms with Crippen molar-refractivity contribution in [1.82, 2.24) is 14.8 Å². The maximum atomic E-state index is 12.4. The summed E-state index contributed by atoms with van der Waals surface area (Å²) in [7, 11) is 1.77. The molecule has 22 heavy (non-hydrogen) atoms. The molecule has 0 aromatic carbocycles. The van der Waals surface area contributed by atoms with Crippen LogP contribution in [0.2, 0.25) is 0 Å². The number of amides is 1. The van der Waals surface area contributed by atoms with Crippen molar-refractivity contribution in [3.05, 3.63) is 33.7 Å². The number of hydrogen-bond donors (Lipinski definition) is 1. The quantitative estimate of drug-likeness (QED) is 0.896. The highest BCUT2D eigenvalue weighted by Gasteiger charge is 2.22. The predicted octanol–water partition coefficient (Wildman–Crippen LogP) is 0.865. The van der Waals surface area contributed by atoms with Gasteiger partial charge in [0.15, 0.2) is 0 Å². The molecule has 1 aromatic rings. The number of H-pyrrole nitrogens is 1. The van der Waals surface area contributed by atoms with Crippen LogP contribution in [0.15, 0.2) is 16.9 Å². The second-order valence-corrected chi connectivity index (χ2v) is 6.16. The Labute approximate surface area is 131 Å². The Hall–Kier alpha value is -1.66. The molecule has 2 heterocycles. The number of likely N-dealkylation sites (N-methyl/N-ethyl adjacent to an activating group) is 1. The van der Waals surface area contributed by atoms with Gasteiger partial charge in [0.1, 0.15) is 0 Å². The van der Waals surface area contributed by atoms with Gasteiger partial charge in [0.2, 0.25) is 5.56 Å². The standard InChI is InChI=1S/C16H25N3O3/c1-11-7-14(8-15(20)17-11)16(21)18(4)5-6-19-9-12(2)22-13(3)10-19/h7-8,12-13H,5-6,9-10H2,1-4H3,(H,17,20)/t12-,13+. The summed E-state index contributed by atoms with van der Waals surface area (Å²) in [6.45, 7) is 9.11. The third-order valence-corrected chi connectivity index (χ3v) is 3.82. The van der Waals surface area contributed by atoms with Crippen molar-refractivity contribution in [3.8, 4) is 0 Å². The molecular formula is C16H25N3O3. The second-order valence-electron chi connectivity index (χ2n) is 6.16. The minimum Gasteiger partial charge on any atom is -0.373 e. The van der Waals surface area contributed by atoms with Crippen molar-refractivity contribution >= 4 is 5.91 Å². The summed E-state index contributed by atoms with van der Waals surface area (Å²) in [5, 5.41) is 0. The van der Waals surface area contributed by atoms with E-state index in [2.05, 4.69) is 23.7 Å². The lowest BCUT2D eigenvalue weighted by atomic mass is 10.2. The summed E-state index contributed by atoms with van der Waals surface area (Å²) in [4.78, 5) is 30.5. The van der Waals surface area contributed by atoms with Gasteiger partial charge in [-0.1, -0.05) is 0 Å². The van der Waals surface area contributed by atoms with E-state index in [1.54, 1.807) is 24.9 Å². The average Bonchev–Trinajstić information content (AvgIpc) is 2.42. The Balaban J connectivity index is 1.92. The Bertz CT molecular complexity index is 574. The van der Waals surface area contributed by atoms with Crippen LogP contribution in [0.25, 0.3) is 0 Å². The highest BCUT2D eigenvalue weighted by molar-refractivity contribution is 5.94. The lowest BCUT2D eigenvalue weighted by Crippen LogP contribution is -2.48. The Morgan fingerprint density at radius 1 is 1.36 bits per heavy atom. The van der Waals surface area contributed by atoms with Crippen LogP contribution in [0.1, 0.15) is 29.9 Å². The third-order valence-electron chi connectivity index (χ3n) is 3.82. The van der Waals surface area contributed by atoms with Gasteiger partial charge in [-0.15, -0.1) is 0 Å². The summed E-state index contributed by atoms with van der Waals surface area (Å²) in [6, 6.07) is 3.06. The second kappa shape index (κ2) is 7.07. The van der Waals surface area contributed by atoms with Gasteiger partial charge < -0.3 is 14.6 Å². The zero-order valence-corrected chi connectivity index (χ0v) is 13.8. The molecule has 2 atom stereocenters. The van der Waals surface area contributed by atoms with Crippen molar-refractivity contribution < 1.29 is 9.53 Å². The van der Waals surface area contributed by atoms with Gasteiger partial charge in [-0.3, -0.25) is 14.5 Å². The van der Waals surface area contributed by atoms with Crippen LogP contribution in [0.5, 0.6) is 0 Å². The first-order chi connectivity index (χ1) is 10.3. The molecule has 1 amide bonds. The molecule has 0 saturated carbocycles. The van der Waals surface area contributed by atoms with E-state index in [-0.39, 0.29) is 23.7 Å². The predicted molar refractivity (Wildman–Crippen MR) is 85.2 cm³/mol. The zero-order chi connectivity index (χ0) is 16.3. The van der Waals surface area contributed by atoms with Crippen molar-refractivity contribution in [3.63, 3.8) is 0 Å².